The molecule has 1 aromatic rings. The number of benzene rings is 1. The lowest BCUT2D eigenvalue weighted by molar-refractivity contribution is 1.38. The quantitative estimate of drug-likeness (QED) is 0.317. The van der Waals surface area contributed by atoms with Crippen LogP contribution in [0.2, 0.25) is 0 Å². The Morgan fingerprint density at radius 2 is 2.20 bits per heavy atom. The largest absolute Gasteiger partial charge is 0.384 e. The Balaban J connectivity index is 3.07. The van der Waals surface area contributed by atoms with Gasteiger partial charge in [-0.3, -0.25) is 5.41 Å². The molecule has 2 nitrogen and oxygen atoms in total. The van der Waals surface area contributed by atoms with E-state index in [-0.39, 0.29) is 5.84 Å². The zero-order valence-corrected chi connectivity index (χ0v) is 6.23. The average Bonchev–Trinajstić information content (AvgIpc) is 1.88. The summed E-state index contributed by atoms with van der Waals surface area (Å²) in [4.78, 5) is 0.827. The summed E-state index contributed by atoms with van der Waals surface area (Å²) >= 11 is 4.10. The van der Waals surface area contributed by atoms with Crippen LogP contribution in [-0.2, 0) is 0 Å². The Labute approximate surface area is 65.0 Å². The van der Waals surface area contributed by atoms with Gasteiger partial charge in [-0.15, -0.1) is 12.6 Å². The van der Waals surface area contributed by atoms with E-state index in [2.05, 4.69) is 12.6 Å². The molecule has 0 aliphatic heterocycles. The molecular formula is C7H8N2S. The number of amidine groups is 1. The molecule has 0 radical (unpaired) electrons. The lowest BCUT2D eigenvalue weighted by atomic mass is 10.2. The zero-order chi connectivity index (χ0) is 7.56. The van der Waals surface area contributed by atoms with Gasteiger partial charge < -0.3 is 5.73 Å². The van der Waals surface area contributed by atoms with E-state index in [1.807, 2.05) is 12.1 Å². The van der Waals surface area contributed by atoms with Crippen molar-refractivity contribution < 1.29 is 0 Å². The maximum Gasteiger partial charge on any atom is 0.122 e. The molecule has 10 heavy (non-hydrogen) atoms. The van der Waals surface area contributed by atoms with Crippen LogP contribution in [0.1, 0.15) is 5.56 Å². The van der Waals surface area contributed by atoms with Crippen LogP contribution in [0.3, 0.4) is 0 Å². The van der Waals surface area contributed by atoms with E-state index in [1.54, 1.807) is 12.1 Å². The van der Waals surface area contributed by atoms with Crippen molar-refractivity contribution in [3.05, 3.63) is 29.8 Å². The van der Waals surface area contributed by atoms with Gasteiger partial charge in [-0.25, -0.2) is 0 Å². The van der Waals surface area contributed by atoms with Crippen LogP contribution >= 0.6 is 12.6 Å². The van der Waals surface area contributed by atoms with Gasteiger partial charge >= 0.3 is 0 Å². The Morgan fingerprint density at radius 3 is 2.60 bits per heavy atom. The van der Waals surface area contributed by atoms with Crippen molar-refractivity contribution in [2.75, 3.05) is 0 Å². The van der Waals surface area contributed by atoms with Crippen LogP contribution in [-0.4, -0.2) is 5.84 Å². The Hall–Kier alpha value is -0.960. The SMILES string of the molecule is N=C(N)c1cccc(S)c1. The van der Waals surface area contributed by atoms with Crippen molar-refractivity contribution in [1.29, 1.82) is 5.41 Å². The number of hydrogen-bond donors (Lipinski definition) is 3. The number of nitrogen functional groups attached to an aromatic ring is 1. The lowest BCUT2D eigenvalue weighted by Crippen LogP contribution is -2.10. The second-order valence-corrected chi connectivity index (χ2v) is 2.48. The fourth-order valence-corrected chi connectivity index (χ4v) is 0.899. The van der Waals surface area contributed by atoms with Gasteiger partial charge in [0.05, 0.1) is 0 Å². The van der Waals surface area contributed by atoms with Crippen LogP contribution in [0.25, 0.3) is 0 Å². The van der Waals surface area contributed by atoms with Crippen molar-refractivity contribution in [2.24, 2.45) is 5.73 Å². The molecule has 0 spiro atoms. The summed E-state index contributed by atoms with van der Waals surface area (Å²) in [7, 11) is 0. The summed E-state index contributed by atoms with van der Waals surface area (Å²) in [6.07, 6.45) is 0. The van der Waals surface area contributed by atoms with E-state index >= 15 is 0 Å². The number of thiol groups is 1. The predicted molar refractivity (Wildman–Crippen MR) is 44.7 cm³/mol. The first-order chi connectivity index (χ1) is 4.70. The van der Waals surface area contributed by atoms with Crippen molar-refractivity contribution in [3.63, 3.8) is 0 Å². The first kappa shape index (κ1) is 7.15. The molecule has 0 unspecified atom stereocenters. The number of nitrogens with two attached hydrogens (primary N) is 1. The summed E-state index contributed by atoms with van der Waals surface area (Å²) in [6.45, 7) is 0. The highest BCUT2D eigenvalue weighted by Crippen LogP contribution is 2.07. The first-order valence-corrected chi connectivity index (χ1v) is 3.28. The van der Waals surface area contributed by atoms with Gasteiger partial charge in [0.1, 0.15) is 5.84 Å². The van der Waals surface area contributed by atoms with Crippen molar-refractivity contribution in [1.82, 2.24) is 0 Å². The molecule has 0 heterocycles. The van der Waals surface area contributed by atoms with Crippen molar-refractivity contribution in [2.45, 2.75) is 4.90 Å². The molecule has 0 fully saturated rings. The highest BCUT2D eigenvalue weighted by Gasteiger charge is 1.93. The smallest absolute Gasteiger partial charge is 0.122 e. The molecule has 3 heteroatoms. The number of nitrogens with one attached hydrogen (secondary N) is 1. The molecule has 52 valence electrons. The molecule has 0 aliphatic carbocycles. The molecule has 0 amide bonds. The molecule has 0 aromatic heterocycles. The molecule has 0 saturated carbocycles. The second kappa shape index (κ2) is 2.75. The van der Waals surface area contributed by atoms with Crippen LogP contribution in [0.5, 0.6) is 0 Å². The van der Waals surface area contributed by atoms with Crippen LogP contribution < -0.4 is 5.73 Å². The minimum Gasteiger partial charge on any atom is -0.384 e. The van der Waals surface area contributed by atoms with Crippen molar-refractivity contribution >= 4 is 18.5 Å². The Kier molecular flexibility index (Phi) is 1.97. The lowest BCUT2D eigenvalue weighted by Gasteiger charge is -1.96. The van der Waals surface area contributed by atoms with Gasteiger partial charge in [0.25, 0.3) is 0 Å². The van der Waals surface area contributed by atoms with E-state index in [4.69, 9.17) is 11.1 Å². The van der Waals surface area contributed by atoms with Crippen molar-refractivity contribution in [3.8, 4) is 0 Å². The Bertz CT molecular complexity index is 258. The van der Waals surface area contributed by atoms with E-state index in [0.29, 0.717) is 5.56 Å². The summed E-state index contributed by atoms with van der Waals surface area (Å²) in [5.41, 5.74) is 5.95. The monoisotopic (exact) mass is 152 g/mol. The van der Waals surface area contributed by atoms with Gasteiger partial charge in [0.15, 0.2) is 0 Å². The van der Waals surface area contributed by atoms with Gasteiger partial charge in [-0.1, -0.05) is 12.1 Å². The normalized spacial score (nSPS) is 9.30. The molecule has 0 aliphatic rings. The van der Waals surface area contributed by atoms with Gasteiger partial charge in [-0.2, -0.15) is 0 Å². The van der Waals surface area contributed by atoms with E-state index in [9.17, 15) is 0 Å². The summed E-state index contributed by atoms with van der Waals surface area (Å²) in [5.74, 6) is 0.0795. The van der Waals surface area contributed by atoms with E-state index in [1.165, 1.54) is 0 Å². The highest BCUT2D eigenvalue weighted by molar-refractivity contribution is 7.80. The zero-order valence-electron chi connectivity index (χ0n) is 5.33. The topological polar surface area (TPSA) is 49.9 Å². The third kappa shape index (κ3) is 1.51. The summed E-state index contributed by atoms with van der Waals surface area (Å²) in [5, 5.41) is 7.08. The maximum atomic E-state index is 7.08. The van der Waals surface area contributed by atoms with Crippen LogP contribution in [0, 0.1) is 5.41 Å². The maximum absolute atomic E-state index is 7.08. The minimum atomic E-state index is 0.0795. The molecule has 0 bridgehead atoms. The molecular weight excluding hydrogens is 144 g/mol. The summed E-state index contributed by atoms with van der Waals surface area (Å²) in [6, 6.07) is 7.20. The Morgan fingerprint density at radius 1 is 1.50 bits per heavy atom. The molecule has 0 atom stereocenters. The molecule has 1 rings (SSSR count). The minimum absolute atomic E-state index is 0.0795. The van der Waals surface area contributed by atoms with Gasteiger partial charge in [0, 0.05) is 10.5 Å². The standard InChI is InChI=1S/C7H8N2S/c8-7(9)5-2-1-3-6(10)4-5/h1-4,10H,(H3,8,9). The molecule has 0 saturated heterocycles. The number of rotatable bonds is 1. The fourth-order valence-electron chi connectivity index (χ4n) is 0.673. The summed E-state index contributed by atoms with van der Waals surface area (Å²) < 4.78 is 0. The molecule has 1 aromatic carbocycles. The molecule has 3 N–H and O–H groups in total. The van der Waals surface area contributed by atoms with Gasteiger partial charge in [-0.05, 0) is 12.1 Å². The third-order valence-electron chi connectivity index (χ3n) is 1.16. The average molecular weight is 152 g/mol. The number of hydrogen-bond acceptors (Lipinski definition) is 2. The second-order valence-electron chi connectivity index (χ2n) is 1.96. The fraction of sp³-hybridized carbons (Fsp3) is 0. The van der Waals surface area contributed by atoms with E-state index < -0.39 is 0 Å². The van der Waals surface area contributed by atoms with E-state index in [0.717, 1.165) is 4.90 Å². The highest BCUT2D eigenvalue weighted by atomic mass is 32.1. The van der Waals surface area contributed by atoms with Crippen LogP contribution in [0.15, 0.2) is 29.2 Å². The first-order valence-electron chi connectivity index (χ1n) is 2.83. The van der Waals surface area contributed by atoms with Crippen LogP contribution in [0.4, 0.5) is 0 Å². The van der Waals surface area contributed by atoms with Gasteiger partial charge in [0.2, 0.25) is 0 Å². The predicted octanol–water partition coefficient (Wildman–Crippen LogP) is 1.26. The third-order valence-corrected chi connectivity index (χ3v) is 1.44.